The van der Waals surface area contributed by atoms with Crippen LogP contribution >= 0.6 is 0 Å². The first kappa shape index (κ1) is 10.2. The summed E-state index contributed by atoms with van der Waals surface area (Å²) in [5.74, 6) is 1.91. The van der Waals surface area contributed by atoms with Crippen molar-refractivity contribution in [1.29, 1.82) is 0 Å². The second-order valence-corrected chi connectivity index (χ2v) is 3.76. The molecule has 88 valence electrons. The predicted octanol–water partition coefficient (Wildman–Crippen LogP) is 0.222. The summed E-state index contributed by atoms with van der Waals surface area (Å²) in [6.45, 7) is 1.77. The molecule has 7 heteroatoms. The highest BCUT2D eigenvalue weighted by Gasteiger charge is 2.25. The zero-order valence-corrected chi connectivity index (χ0v) is 9.25. The molecule has 1 N–H and O–H groups in total. The number of hydrogen-bond acceptors (Lipinski definition) is 7. The van der Waals surface area contributed by atoms with Gasteiger partial charge in [0.1, 0.15) is 12.0 Å². The molecule has 1 aliphatic rings. The van der Waals surface area contributed by atoms with E-state index in [1.807, 2.05) is 0 Å². The number of aromatic nitrogens is 4. The molecule has 17 heavy (non-hydrogen) atoms. The molecule has 0 aromatic carbocycles. The minimum atomic E-state index is 0.319. The van der Waals surface area contributed by atoms with E-state index < -0.39 is 0 Å². The second-order valence-electron chi connectivity index (χ2n) is 3.76. The van der Waals surface area contributed by atoms with E-state index in [1.165, 1.54) is 6.33 Å². The van der Waals surface area contributed by atoms with Crippen LogP contribution < -0.4 is 10.1 Å². The lowest BCUT2D eigenvalue weighted by atomic mass is 10.0. The Morgan fingerprint density at radius 3 is 3.00 bits per heavy atom. The molecule has 1 fully saturated rings. The molecule has 0 aliphatic carbocycles. The Kier molecular flexibility index (Phi) is 2.45. The normalized spacial score (nSPS) is 15.6. The maximum atomic E-state index is 5.19. The maximum absolute atomic E-state index is 5.19. The van der Waals surface area contributed by atoms with Crippen LogP contribution in [0.1, 0.15) is 11.8 Å². The molecule has 2 aromatic rings. The summed E-state index contributed by atoms with van der Waals surface area (Å²) < 4.78 is 10.2. The van der Waals surface area contributed by atoms with Crippen molar-refractivity contribution in [2.24, 2.45) is 0 Å². The highest BCUT2D eigenvalue weighted by Crippen LogP contribution is 2.22. The van der Waals surface area contributed by atoms with Crippen LogP contribution in [-0.2, 0) is 0 Å². The van der Waals surface area contributed by atoms with Crippen molar-refractivity contribution in [2.75, 3.05) is 20.2 Å². The number of ether oxygens (including phenoxy) is 1. The molecule has 2 aromatic heterocycles. The first-order valence-corrected chi connectivity index (χ1v) is 5.27. The number of nitrogens with zero attached hydrogens (tertiary/aromatic N) is 4. The van der Waals surface area contributed by atoms with E-state index in [4.69, 9.17) is 9.26 Å². The van der Waals surface area contributed by atoms with E-state index in [-0.39, 0.29) is 0 Å². The standard InChI is InChI=1S/C10H11N5O2/c1-16-8-2-7(12-5-13-8)9-14-10(17-15-9)6-3-11-4-6/h2,5-6,11H,3-4H2,1H3. The topological polar surface area (TPSA) is 86.0 Å². The molecule has 3 rings (SSSR count). The maximum Gasteiger partial charge on any atom is 0.232 e. The monoisotopic (exact) mass is 233 g/mol. The molecule has 0 unspecified atom stereocenters. The van der Waals surface area contributed by atoms with Crippen LogP contribution in [0.3, 0.4) is 0 Å². The zero-order valence-electron chi connectivity index (χ0n) is 9.25. The molecular formula is C10H11N5O2. The first-order chi connectivity index (χ1) is 8.36. The number of methoxy groups -OCH3 is 1. The smallest absolute Gasteiger partial charge is 0.232 e. The third-order valence-corrected chi connectivity index (χ3v) is 2.65. The van der Waals surface area contributed by atoms with Crippen LogP contribution in [0.5, 0.6) is 5.88 Å². The SMILES string of the molecule is COc1cc(-c2noc(C3CNC3)n2)ncn1. The van der Waals surface area contributed by atoms with E-state index in [2.05, 4.69) is 25.4 Å². The van der Waals surface area contributed by atoms with Crippen LogP contribution in [-0.4, -0.2) is 40.3 Å². The van der Waals surface area contributed by atoms with Gasteiger partial charge in [-0.1, -0.05) is 5.16 Å². The Balaban J connectivity index is 1.89. The van der Waals surface area contributed by atoms with Crippen molar-refractivity contribution in [3.8, 4) is 17.4 Å². The van der Waals surface area contributed by atoms with Gasteiger partial charge in [0.15, 0.2) is 0 Å². The number of hydrogen-bond donors (Lipinski definition) is 1. The van der Waals surface area contributed by atoms with Crippen molar-refractivity contribution >= 4 is 0 Å². The van der Waals surface area contributed by atoms with Crippen molar-refractivity contribution in [2.45, 2.75) is 5.92 Å². The van der Waals surface area contributed by atoms with Crippen molar-refractivity contribution in [3.05, 3.63) is 18.3 Å². The van der Waals surface area contributed by atoms with Gasteiger partial charge < -0.3 is 14.6 Å². The summed E-state index contributed by atoms with van der Waals surface area (Å²) in [4.78, 5) is 12.3. The Morgan fingerprint density at radius 2 is 2.29 bits per heavy atom. The van der Waals surface area contributed by atoms with Crippen molar-refractivity contribution < 1.29 is 9.26 Å². The van der Waals surface area contributed by atoms with Crippen LogP contribution in [0.15, 0.2) is 16.9 Å². The van der Waals surface area contributed by atoms with E-state index in [0.717, 1.165) is 13.1 Å². The third-order valence-electron chi connectivity index (χ3n) is 2.65. The average Bonchev–Trinajstić information content (AvgIpc) is 2.76. The first-order valence-electron chi connectivity index (χ1n) is 5.27. The van der Waals surface area contributed by atoms with Gasteiger partial charge in [0, 0.05) is 19.2 Å². The average molecular weight is 233 g/mol. The van der Waals surface area contributed by atoms with Gasteiger partial charge in [0.05, 0.1) is 13.0 Å². The molecule has 1 aliphatic heterocycles. The van der Waals surface area contributed by atoms with E-state index in [9.17, 15) is 0 Å². The Morgan fingerprint density at radius 1 is 1.41 bits per heavy atom. The highest BCUT2D eigenvalue weighted by atomic mass is 16.5. The summed E-state index contributed by atoms with van der Waals surface area (Å²) in [5.41, 5.74) is 0.596. The van der Waals surface area contributed by atoms with Gasteiger partial charge in [-0.15, -0.1) is 0 Å². The lowest BCUT2D eigenvalue weighted by Crippen LogP contribution is -2.40. The fourth-order valence-corrected chi connectivity index (χ4v) is 1.54. The fourth-order valence-electron chi connectivity index (χ4n) is 1.54. The summed E-state index contributed by atoms with van der Waals surface area (Å²) in [7, 11) is 1.55. The lowest BCUT2D eigenvalue weighted by Gasteiger charge is -2.22. The summed E-state index contributed by atoms with van der Waals surface area (Å²) >= 11 is 0. The van der Waals surface area contributed by atoms with E-state index in [1.54, 1.807) is 13.2 Å². The molecule has 1 saturated heterocycles. The molecule has 0 spiro atoms. The minimum Gasteiger partial charge on any atom is -0.481 e. The summed E-state index contributed by atoms with van der Waals surface area (Å²) in [6, 6.07) is 1.67. The molecule has 0 saturated carbocycles. The molecule has 0 radical (unpaired) electrons. The molecule has 3 heterocycles. The van der Waals surface area contributed by atoms with Crippen molar-refractivity contribution in [1.82, 2.24) is 25.4 Å². The van der Waals surface area contributed by atoms with Gasteiger partial charge in [-0.25, -0.2) is 9.97 Å². The minimum absolute atomic E-state index is 0.319. The molecule has 7 nitrogen and oxygen atoms in total. The van der Waals surface area contributed by atoms with Crippen LogP contribution in [0.2, 0.25) is 0 Å². The van der Waals surface area contributed by atoms with E-state index in [0.29, 0.717) is 29.2 Å². The summed E-state index contributed by atoms with van der Waals surface area (Å²) in [5, 5.41) is 7.06. The highest BCUT2D eigenvalue weighted by molar-refractivity contribution is 5.49. The molecule has 0 amide bonds. The third kappa shape index (κ3) is 1.84. The van der Waals surface area contributed by atoms with Crippen LogP contribution in [0, 0.1) is 0 Å². The van der Waals surface area contributed by atoms with Gasteiger partial charge in [0.25, 0.3) is 0 Å². The predicted molar refractivity (Wildman–Crippen MR) is 57.5 cm³/mol. The second kappa shape index (κ2) is 4.10. The Bertz CT molecular complexity index is 523. The molecule has 0 atom stereocenters. The van der Waals surface area contributed by atoms with E-state index >= 15 is 0 Å². The van der Waals surface area contributed by atoms with Gasteiger partial charge in [0.2, 0.25) is 17.6 Å². The number of rotatable bonds is 3. The van der Waals surface area contributed by atoms with Gasteiger partial charge in [-0.3, -0.25) is 0 Å². The van der Waals surface area contributed by atoms with Crippen molar-refractivity contribution in [3.63, 3.8) is 0 Å². The molecule has 0 bridgehead atoms. The molecular weight excluding hydrogens is 222 g/mol. The Hall–Kier alpha value is -2.02. The largest absolute Gasteiger partial charge is 0.481 e. The fraction of sp³-hybridized carbons (Fsp3) is 0.400. The van der Waals surface area contributed by atoms with Gasteiger partial charge in [-0.05, 0) is 0 Å². The van der Waals surface area contributed by atoms with Gasteiger partial charge >= 0.3 is 0 Å². The number of nitrogens with one attached hydrogen (secondary N) is 1. The zero-order chi connectivity index (χ0) is 11.7. The Labute approximate surface area is 97.2 Å². The van der Waals surface area contributed by atoms with Gasteiger partial charge in [-0.2, -0.15) is 4.98 Å². The summed E-state index contributed by atoms with van der Waals surface area (Å²) in [6.07, 6.45) is 1.41. The van der Waals surface area contributed by atoms with Crippen LogP contribution in [0.4, 0.5) is 0 Å². The lowest BCUT2D eigenvalue weighted by molar-refractivity contribution is 0.308. The van der Waals surface area contributed by atoms with Crippen LogP contribution in [0.25, 0.3) is 11.5 Å². The quantitative estimate of drug-likeness (QED) is 0.811.